The molecule has 24 heavy (non-hydrogen) atoms. The van der Waals surface area contributed by atoms with Gasteiger partial charge in [-0.2, -0.15) is 0 Å². The number of nitrogens with one attached hydrogen (secondary N) is 1. The van der Waals surface area contributed by atoms with Gasteiger partial charge in [-0.1, -0.05) is 20.8 Å². The van der Waals surface area contributed by atoms with E-state index in [1.165, 1.54) is 0 Å². The summed E-state index contributed by atoms with van der Waals surface area (Å²) in [5, 5.41) is 2.73. The summed E-state index contributed by atoms with van der Waals surface area (Å²) in [6.45, 7) is 8.79. The van der Waals surface area contributed by atoms with Gasteiger partial charge >= 0.3 is 5.97 Å². The fourth-order valence-corrected chi connectivity index (χ4v) is 2.40. The second-order valence-electron chi connectivity index (χ2n) is 7.09. The van der Waals surface area contributed by atoms with Gasteiger partial charge in [0.2, 0.25) is 0 Å². The average Bonchev–Trinajstić information content (AvgIpc) is 2.53. The molecular formula is C18H26N2O4. The highest BCUT2D eigenvalue weighted by atomic mass is 16.5. The van der Waals surface area contributed by atoms with Crippen molar-refractivity contribution in [1.29, 1.82) is 0 Å². The molecule has 132 valence electrons. The van der Waals surface area contributed by atoms with Crippen LogP contribution in [0.2, 0.25) is 0 Å². The fraction of sp³-hybridized carbons (Fsp3) is 0.556. The standard InChI is InChI=1S/C18H26N2O4/c1-18(2,3)12-17(22)24-13-16(21)19-14-4-6-15(7-5-14)20-8-10-23-11-9-20/h4-7H,8-13H2,1-3H3,(H,19,21). The Morgan fingerprint density at radius 2 is 1.79 bits per heavy atom. The number of esters is 1. The Labute approximate surface area is 143 Å². The molecule has 1 aromatic rings. The Morgan fingerprint density at radius 1 is 1.17 bits per heavy atom. The van der Waals surface area contributed by atoms with Crippen molar-refractivity contribution in [2.24, 2.45) is 5.41 Å². The molecule has 1 amide bonds. The Balaban J connectivity index is 1.78. The smallest absolute Gasteiger partial charge is 0.306 e. The molecule has 1 heterocycles. The first kappa shape index (κ1) is 18.3. The van der Waals surface area contributed by atoms with E-state index in [0.717, 1.165) is 32.0 Å². The van der Waals surface area contributed by atoms with Gasteiger partial charge in [0.1, 0.15) is 0 Å². The predicted octanol–water partition coefficient (Wildman–Crippen LogP) is 2.44. The molecule has 0 bridgehead atoms. The molecule has 0 aromatic heterocycles. The molecule has 2 rings (SSSR count). The Bertz CT molecular complexity index is 557. The minimum atomic E-state index is -0.361. The molecule has 0 saturated carbocycles. The van der Waals surface area contributed by atoms with E-state index in [-0.39, 0.29) is 30.3 Å². The molecule has 1 aliphatic rings. The first-order valence-corrected chi connectivity index (χ1v) is 8.22. The third kappa shape index (κ3) is 6.20. The van der Waals surface area contributed by atoms with Crippen molar-refractivity contribution in [3.05, 3.63) is 24.3 Å². The first-order valence-electron chi connectivity index (χ1n) is 8.22. The average molecular weight is 334 g/mol. The van der Waals surface area contributed by atoms with Gasteiger partial charge in [-0.3, -0.25) is 9.59 Å². The van der Waals surface area contributed by atoms with Crippen LogP contribution in [0.15, 0.2) is 24.3 Å². The highest BCUT2D eigenvalue weighted by Crippen LogP contribution is 2.20. The molecule has 1 aliphatic heterocycles. The summed E-state index contributed by atoms with van der Waals surface area (Å²) in [6.07, 6.45) is 0.286. The Morgan fingerprint density at radius 3 is 2.38 bits per heavy atom. The van der Waals surface area contributed by atoms with Gasteiger partial charge in [0, 0.05) is 24.5 Å². The molecular weight excluding hydrogens is 308 g/mol. The molecule has 1 N–H and O–H groups in total. The van der Waals surface area contributed by atoms with Crippen LogP contribution >= 0.6 is 0 Å². The maximum absolute atomic E-state index is 11.9. The lowest BCUT2D eigenvalue weighted by molar-refractivity contribution is -0.149. The van der Waals surface area contributed by atoms with Gasteiger partial charge in [0.15, 0.2) is 6.61 Å². The molecule has 0 aliphatic carbocycles. The number of benzene rings is 1. The lowest BCUT2D eigenvalue weighted by Gasteiger charge is -2.28. The van der Waals surface area contributed by atoms with E-state index >= 15 is 0 Å². The summed E-state index contributed by atoms with van der Waals surface area (Å²) in [4.78, 5) is 25.7. The van der Waals surface area contributed by atoms with Gasteiger partial charge in [-0.25, -0.2) is 0 Å². The quantitative estimate of drug-likeness (QED) is 0.838. The lowest BCUT2D eigenvalue weighted by Crippen LogP contribution is -2.36. The molecule has 0 radical (unpaired) electrons. The van der Waals surface area contributed by atoms with Crippen LogP contribution in [-0.2, 0) is 19.1 Å². The van der Waals surface area contributed by atoms with Crippen molar-refractivity contribution in [3.63, 3.8) is 0 Å². The highest BCUT2D eigenvalue weighted by molar-refractivity contribution is 5.93. The number of carbonyl (C=O) groups is 2. The third-order valence-electron chi connectivity index (χ3n) is 3.57. The van der Waals surface area contributed by atoms with Crippen LogP contribution in [0.4, 0.5) is 11.4 Å². The highest BCUT2D eigenvalue weighted by Gasteiger charge is 2.18. The summed E-state index contributed by atoms with van der Waals surface area (Å²) >= 11 is 0. The molecule has 0 atom stereocenters. The lowest BCUT2D eigenvalue weighted by atomic mass is 9.92. The van der Waals surface area contributed by atoms with Crippen LogP contribution in [0.5, 0.6) is 0 Å². The fourth-order valence-electron chi connectivity index (χ4n) is 2.40. The molecule has 1 aromatic carbocycles. The van der Waals surface area contributed by atoms with Crippen LogP contribution in [0.25, 0.3) is 0 Å². The molecule has 6 nitrogen and oxygen atoms in total. The number of ether oxygens (including phenoxy) is 2. The SMILES string of the molecule is CC(C)(C)CC(=O)OCC(=O)Nc1ccc(N2CCOCC2)cc1. The van der Waals surface area contributed by atoms with Gasteiger partial charge in [0.05, 0.1) is 19.6 Å². The second-order valence-corrected chi connectivity index (χ2v) is 7.09. The number of anilines is 2. The van der Waals surface area contributed by atoms with E-state index in [2.05, 4.69) is 10.2 Å². The summed E-state index contributed by atoms with van der Waals surface area (Å²) in [7, 11) is 0. The van der Waals surface area contributed by atoms with E-state index in [9.17, 15) is 9.59 Å². The van der Waals surface area contributed by atoms with Crippen LogP contribution in [0, 0.1) is 5.41 Å². The zero-order valence-electron chi connectivity index (χ0n) is 14.6. The van der Waals surface area contributed by atoms with Crippen molar-refractivity contribution in [1.82, 2.24) is 0 Å². The van der Waals surface area contributed by atoms with E-state index in [1.807, 2.05) is 45.0 Å². The monoisotopic (exact) mass is 334 g/mol. The number of carbonyl (C=O) groups excluding carboxylic acids is 2. The van der Waals surface area contributed by atoms with E-state index < -0.39 is 0 Å². The summed E-state index contributed by atoms with van der Waals surface area (Å²) in [5.41, 5.74) is 1.64. The van der Waals surface area contributed by atoms with Crippen molar-refractivity contribution in [2.45, 2.75) is 27.2 Å². The second kappa shape index (κ2) is 8.15. The first-order chi connectivity index (χ1) is 11.3. The minimum absolute atomic E-state index is 0.150. The molecule has 1 fully saturated rings. The topological polar surface area (TPSA) is 67.9 Å². The number of nitrogens with zero attached hydrogens (tertiary/aromatic N) is 1. The van der Waals surface area contributed by atoms with Crippen LogP contribution in [0.3, 0.4) is 0 Å². The number of morpholine rings is 1. The van der Waals surface area contributed by atoms with Gasteiger partial charge in [0.25, 0.3) is 5.91 Å². The van der Waals surface area contributed by atoms with Crippen LogP contribution < -0.4 is 10.2 Å². The largest absolute Gasteiger partial charge is 0.456 e. The number of hydrogen-bond acceptors (Lipinski definition) is 5. The number of rotatable bonds is 5. The van der Waals surface area contributed by atoms with E-state index in [0.29, 0.717) is 5.69 Å². The number of hydrogen-bond donors (Lipinski definition) is 1. The van der Waals surface area contributed by atoms with E-state index in [1.54, 1.807) is 0 Å². The van der Waals surface area contributed by atoms with Crippen molar-refractivity contribution in [2.75, 3.05) is 43.1 Å². The summed E-state index contributed by atoms with van der Waals surface area (Å²) in [5.74, 6) is -0.698. The Kier molecular flexibility index (Phi) is 6.20. The maximum Gasteiger partial charge on any atom is 0.306 e. The van der Waals surface area contributed by atoms with Crippen LogP contribution in [0.1, 0.15) is 27.2 Å². The molecule has 0 unspecified atom stereocenters. The minimum Gasteiger partial charge on any atom is -0.456 e. The molecule has 0 spiro atoms. The molecule has 6 heteroatoms. The zero-order valence-corrected chi connectivity index (χ0v) is 14.6. The van der Waals surface area contributed by atoms with Crippen molar-refractivity contribution >= 4 is 23.3 Å². The van der Waals surface area contributed by atoms with Crippen LogP contribution in [-0.4, -0.2) is 44.8 Å². The van der Waals surface area contributed by atoms with Crippen molar-refractivity contribution in [3.8, 4) is 0 Å². The van der Waals surface area contributed by atoms with Gasteiger partial charge < -0.3 is 19.7 Å². The van der Waals surface area contributed by atoms with Gasteiger partial charge in [-0.15, -0.1) is 0 Å². The molecule has 1 saturated heterocycles. The zero-order chi connectivity index (χ0) is 17.6. The maximum atomic E-state index is 11.9. The predicted molar refractivity (Wildman–Crippen MR) is 93.1 cm³/mol. The van der Waals surface area contributed by atoms with Crippen molar-refractivity contribution < 1.29 is 19.1 Å². The summed E-state index contributed by atoms with van der Waals surface area (Å²) in [6, 6.07) is 7.62. The number of amides is 1. The van der Waals surface area contributed by atoms with Gasteiger partial charge in [-0.05, 0) is 29.7 Å². The normalized spacial score (nSPS) is 15.0. The summed E-state index contributed by atoms with van der Waals surface area (Å²) < 4.78 is 10.3. The Hall–Kier alpha value is -2.08. The van der Waals surface area contributed by atoms with E-state index in [4.69, 9.17) is 9.47 Å². The third-order valence-corrected chi connectivity index (χ3v) is 3.57.